The third-order valence-electron chi connectivity index (χ3n) is 4.02. The van der Waals surface area contributed by atoms with E-state index in [0.717, 1.165) is 36.0 Å². The molecule has 0 aromatic carbocycles. The first-order chi connectivity index (χ1) is 8.79. The van der Waals surface area contributed by atoms with Crippen LogP contribution in [0.25, 0.3) is 0 Å². The zero-order valence-corrected chi connectivity index (χ0v) is 11.8. The highest BCUT2D eigenvalue weighted by molar-refractivity contribution is 7.98. The number of hydrogen-bond donors (Lipinski definition) is 1. The summed E-state index contributed by atoms with van der Waals surface area (Å²) < 4.78 is 5.78. The molecule has 18 heavy (non-hydrogen) atoms. The van der Waals surface area contributed by atoms with Crippen molar-refractivity contribution in [3.05, 3.63) is 17.1 Å². The van der Waals surface area contributed by atoms with Crippen LogP contribution in [-0.4, -0.2) is 24.1 Å². The van der Waals surface area contributed by atoms with Crippen molar-refractivity contribution in [2.75, 3.05) is 19.5 Å². The molecule has 2 aliphatic rings. The van der Waals surface area contributed by atoms with E-state index >= 15 is 0 Å². The van der Waals surface area contributed by atoms with Crippen molar-refractivity contribution in [3.8, 4) is 0 Å². The van der Waals surface area contributed by atoms with Gasteiger partial charge in [-0.1, -0.05) is 0 Å². The molecule has 1 N–H and O–H groups in total. The van der Waals surface area contributed by atoms with E-state index in [0.29, 0.717) is 0 Å². The molecule has 1 aliphatic heterocycles. The molecule has 0 saturated heterocycles. The van der Waals surface area contributed by atoms with Gasteiger partial charge in [-0.15, -0.1) is 0 Å². The maximum atomic E-state index is 5.78. The Kier molecular flexibility index (Phi) is 3.20. The maximum absolute atomic E-state index is 5.78. The molecule has 0 radical (unpaired) electrons. The molecular weight excluding hydrogens is 246 g/mol. The Hall–Kier alpha value is -0.810. The van der Waals surface area contributed by atoms with Gasteiger partial charge in [-0.3, -0.25) is 0 Å². The largest absolute Gasteiger partial charge is 0.373 e. The second-order valence-corrected chi connectivity index (χ2v) is 5.95. The van der Waals surface area contributed by atoms with Gasteiger partial charge in [-0.05, 0) is 25.7 Å². The fraction of sp³-hybridized carbons (Fsp3) is 0.692. The number of rotatable bonds is 3. The van der Waals surface area contributed by atoms with Crippen molar-refractivity contribution in [2.45, 2.75) is 42.8 Å². The number of nitrogens with one attached hydrogen (secondary N) is 1. The first-order valence-electron chi connectivity index (χ1n) is 6.50. The van der Waals surface area contributed by atoms with Gasteiger partial charge in [0.05, 0.1) is 5.69 Å². The van der Waals surface area contributed by atoms with Crippen LogP contribution in [0.5, 0.6) is 0 Å². The third kappa shape index (κ3) is 1.80. The number of fused-ring (bicyclic) bond motifs is 1. The standard InChI is InChI=1S/C13H19N3OS/c1-14-11-9-7-18-8-10(9)15-12(16-11)13(17-2)5-3-4-6-13/h3-8H2,1-2H3,(H,14,15,16). The third-order valence-corrected chi connectivity index (χ3v) is 4.99. The average molecular weight is 265 g/mol. The van der Waals surface area contributed by atoms with Crippen LogP contribution in [0, 0.1) is 0 Å². The highest BCUT2D eigenvalue weighted by Crippen LogP contribution is 2.42. The zero-order chi connectivity index (χ0) is 12.6. The second-order valence-electron chi connectivity index (χ2n) is 4.97. The lowest BCUT2D eigenvalue weighted by Gasteiger charge is -2.26. The molecular formula is C13H19N3OS. The summed E-state index contributed by atoms with van der Waals surface area (Å²) in [5, 5.41) is 3.21. The van der Waals surface area contributed by atoms with Crippen molar-refractivity contribution < 1.29 is 4.74 Å². The molecule has 1 aliphatic carbocycles. The van der Waals surface area contributed by atoms with Crippen molar-refractivity contribution in [1.82, 2.24) is 9.97 Å². The molecule has 98 valence electrons. The average Bonchev–Trinajstić information content (AvgIpc) is 3.06. The van der Waals surface area contributed by atoms with Crippen LogP contribution in [0.1, 0.15) is 42.8 Å². The van der Waals surface area contributed by atoms with Crippen LogP contribution in [0.15, 0.2) is 0 Å². The van der Waals surface area contributed by atoms with E-state index in [2.05, 4.69) is 5.32 Å². The minimum absolute atomic E-state index is 0.242. The number of thioether (sulfide) groups is 1. The number of nitrogens with zero attached hydrogens (tertiary/aromatic N) is 2. The SMILES string of the molecule is CNc1nc(C2(OC)CCCC2)nc2c1CSC2. The summed E-state index contributed by atoms with van der Waals surface area (Å²) in [6.45, 7) is 0. The highest BCUT2D eigenvalue weighted by atomic mass is 32.2. The van der Waals surface area contributed by atoms with Gasteiger partial charge in [0.15, 0.2) is 5.82 Å². The smallest absolute Gasteiger partial charge is 0.162 e. The molecule has 5 heteroatoms. The Morgan fingerprint density at radius 1 is 1.22 bits per heavy atom. The summed E-state index contributed by atoms with van der Waals surface area (Å²) in [5.74, 6) is 3.89. The number of hydrogen-bond acceptors (Lipinski definition) is 5. The monoisotopic (exact) mass is 265 g/mol. The van der Waals surface area contributed by atoms with E-state index < -0.39 is 0 Å². The van der Waals surface area contributed by atoms with E-state index in [9.17, 15) is 0 Å². The number of aromatic nitrogens is 2. The van der Waals surface area contributed by atoms with Crippen molar-refractivity contribution in [1.29, 1.82) is 0 Å². The Balaban J connectivity index is 2.07. The molecule has 0 bridgehead atoms. The Bertz CT molecular complexity index is 458. The van der Waals surface area contributed by atoms with Crippen LogP contribution in [0.2, 0.25) is 0 Å². The van der Waals surface area contributed by atoms with Gasteiger partial charge >= 0.3 is 0 Å². The predicted molar refractivity (Wildman–Crippen MR) is 73.7 cm³/mol. The van der Waals surface area contributed by atoms with Gasteiger partial charge in [0.2, 0.25) is 0 Å². The summed E-state index contributed by atoms with van der Waals surface area (Å²) in [6.07, 6.45) is 4.49. The lowest BCUT2D eigenvalue weighted by Crippen LogP contribution is -2.28. The number of methoxy groups -OCH3 is 1. The minimum atomic E-state index is -0.242. The topological polar surface area (TPSA) is 47.0 Å². The molecule has 1 aromatic rings. The van der Waals surface area contributed by atoms with Crippen LogP contribution < -0.4 is 5.32 Å². The number of ether oxygens (including phenoxy) is 1. The fourth-order valence-electron chi connectivity index (χ4n) is 2.93. The minimum Gasteiger partial charge on any atom is -0.373 e. The van der Waals surface area contributed by atoms with Gasteiger partial charge in [0.25, 0.3) is 0 Å². The molecule has 0 unspecified atom stereocenters. The molecule has 0 spiro atoms. The molecule has 4 nitrogen and oxygen atoms in total. The molecule has 1 saturated carbocycles. The lowest BCUT2D eigenvalue weighted by atomic mass is 10.0. The summed E-state index contributed by atoms with van der Waals surface area (Å²) in [5.41, 5.74) is 2.22. The normalized spacial score (nSPS) is 21.0. The van der Waals surface area contributed by atoms with Crippen molar-refractivity contribution >= 4 is 17.6 Å². The summed E-state index contributed by atoms with van der Waals surface area (Å²) in [6, 6.07) is 0. The van der Waals surface area contributed by atoms with Gasteiger partial charge < -0.3 is 10.1 Å². The second kappa shape index (κ2) is 4.70. The fourth-order valence-corrected chi connectivity index (χ4v) is 3.97. The number of anilines is 1. The molecule has 0 atom stereocenters. The predicted octanol–water partition coefficient (Wildman–Crippen LogP) is 2.68. The lowest BCUT2D eigenvalue weighted by molar-refractivity contribution is -0.0163. The van der Waals surface area contributed by atoms with Gasteiger partial charge in [-0.2, -0.15) is 11.8 Å². The maximum Gasteiger partial charge on any atom is 0.162 e. The van der Waals surface area contributed by atoms with Crippen LogP contribution in [0.4, 0.5) is 5.82 Å². The van der Waals surface area contributed by atoms with E-state index in [1.165, 1.54) is 24.1 Å². The molecule has 1 aromatic heterocycles. The Labute approximate surface area is 112 Å². The van der Waals surface area contributed by atoms with E-state index in [1.807, 2.05) is 18.8 Å². The van der Waals surface area contributed by atoms with Gasteiger partial charge in [0, 0.05) is 31.2 Å². The van der Waals surface area contributed by atoms with E-state index in [-0.39, 0.29) is 5.60 Å². The zero-order valence-electron chi connectivity index (χ0n) is 11.0. The van der Waals surface area contributed by atoms with E-state index in [4.69, 9.17) is 14.7 Å². The summed E-state index contributed by atoms with van der Waals surface area (Å²) >= 11 is 1.91. The molecule has 1 fully saturated rings. The van der Waals surface area contributed by atoms with Gasteiger partial charge in [-0.25, -0.2) is 9.97 Å². The van der Waals surface area contributed by atoms with Crippen LogP contribution >= 0.6 is 11.8 Å². The molecule has 2 heterocycles. The highest BCUT2D eigenvalue weighted by Gasteiger charge is 2.39. The first-order valence-corrected chi connectivity index (χ1v) is 7.65. The molecule has 3 rings (SSSR count). The van der Waals surface area contributed by atoms with Crippen LogP contribution in [-0.2, 0) is 21.8 Å². The van der Waals surface area contributed by atoms with Gasteiger partial charge in [0.1, 0.15) is 11.4 Å². The van der Waals surface area contributed by atoms with Crippen LogP contribution in [0.3, 0.4) is 0 Å². The summed E-state index contributed by atoms with van der Waals surface area (Å²) in [7, 11) is 3.72. The van der Waals surface area contributed by atoms with Crippen molar-refractivity contribution in [3.63, 3.8) is 0 Å². The Morgan fingerprint density at radius 2 is 2.00 bits per heavy atom. The van der Waals surface area contributed by atoms with E-state index in [1.54, 1.807) is 7.11 Å². The first kappa shape index (κ1) is 12.2. The quantitative estimate of drug-likeness (QED) is 0.910. The summed E-state index contributed by atoms with van der Waals surface area (Å²) in [4.78, 5) is 9.52. The molecule has 0 amide bonds. The van der Waals surface area contributed by atoms with Crippen molar-refractivity contribution in [2.24, 2.45) is 0 Å². The Morgan fingerprint density at radius 3 is 2.67 bits per heavy atom.